The molecule has 1 aromatic heterocycles. The summed E-state index contributed by atoms with van der Waals surface area (Å²) < 4.78 is 1.95. The van der Waals surface area contributed by atoms with Crippen molar-refractivity contribution in [2.24, 2.45) is 16.5 Å². The topological polar surface area (TPSA) is 86.4 Å². The molecule has 6 heteroatoms. The summed E-state index contributed by atoms with van der Waals surface area (Å²) in [6.07, 6.45) is 10.1. The predicted octanol–water partition coefficient (Wildman–Crippen LogP) is 2.56. The van der Waals surface area contributed by atoms with E-state index in [1.54, 1.807) is 18.2 Å². The molecule has 1 aliphatic rings. The number of halogens is 1. The number of fused-ring (bicyclic) bond motifs is 1. The second-order valence-electron chi connectivity index (χ2n) is 4.95. The first-order chi connectivity index (χ1) is 10.5. The third-order valence-corrected chi connectivity index (χ3v) is 3.74. The number of hydrogen-bond donors (Lipinski definition) is 2. The molecule has 0 fully saturated rings. The molecule has 0 atom stereocenters. The Morgan fingerprint density at radius 1 is 1.41 bits per heavy atom. The van der Waals surface area contributed by atoms with Crippen molar-refractivity contribution in [3.63, 3.8) is 0 Å². The minimum atomic E-state index is -0.458. The van der Waals surface area contributed by atoms with Crippen LogP contribution in [0.3, 0.4) is 0 Å². The largest absolute Gasteiger partial charge is 0.370 e. The molecule has 22 heavy (non-hydrogen) atoms. The van der Waals surface area contributed by atoms with E-state index in [-0.39, 0.29) is 5.96 Å². The van der Waals surface area contributed by atoms with Crippen molar-refractivity contribution in [3.8, 4) is 0 Å². The maximum absolute atomic E-state index is 12.2. The monoisotopic (exact) mass is 318 g/mol. The molecule has 116 valence electrons. The van der Waals surface area contributed by atoms with Crippen molar-refractivity contribution in [2.45, 2.75) is 25.8 Å². The minimum absolute atomic E-state index is 0.249. The van der Waals surface area contributed by atoms with Crippen LogP contribution in [0.2, 0.25) is 0 Å². The lowest BCUT2D eigenvalue weighted by molar-refractivity contribution is 0.0993. The van der Waals surface area contributed by atoms with Crippen LogP contribution in [0.1, 0.15) is 34.6 Å². The lowest BCUT2D eigenvalue weighted by Crippen LogP contribution is -2.25. The summed E-state index contributed by atoms with van der Waals surface area (Å²) in [5.41, 5.74) is 12.9. The molecule has 0 bridgehead atoms. The van der Waals surface area contributed by atoms with Gasteiger partial charge in [-0.1, -0.05) is 36.4 Å². The number of aliphatic imine (C=N–C) groups is 1. The van der Waals surface area contributed by atoms with Gasteiger partial charge < -0.3 is 16.0 Å². The summed E-state index contributed by atoms with van der Waals surface area (Å²) in [7, 11) is 0. The zero-order valence-electron chi connectivity index (χ0n) is 12.3. The Kier molecular flexibility index (Phi) is 5.22. The Bertz CT molecular complexity index is 679. The van der Waals surface area contributed by atoms with Gasteiger partial charge >= 0.3 is 0 Å². The van der Waals surface area contributed by atoms with Crippen molar-refractivity contribution in [3.05, 3.63) is 53.9 Å². The van der Waals surface area contributed by atoms with Gasteiger partial charge in [0.1, 0.15) is 5.69 Å². The SMILES string of the molecule is C=C/C=C(/Cl)c1cc(C(=O)N=C(N)N)n2c1CC=CCCC2. The highest BCUT2D eigenvalue weighted by Crippen LogP contribution is 2.29. The molecule has 2 heterocycles. The highest BCUT2D eigenvalue weighted by Gasteiger charge is 2.21. The number of carbonyl (C=O) groups is 1. The zero-order chi connectivity index (χ0) is 16.1. The van der Waals surface area contributed by atoms with Crippen LogP contribution < -0.4 is 11.5 Å². The van der Waals surface area contributed by atoms with Crippen LogP contribution in [0.25, 0.3) is 5.03 Å². The van der Waals surface area contributed by atoms with Gasteiger partial charge in [-0.2, -0.15) is 4.99 Å². The van der Waals surface area contributed by atoms with E-state index >= 15 is 0 Å². The highest BCUT2D eigenvalue weighted by atomic mass is 35.5. The standard InChI is InChI=1S/C16H19ClN4O/c1-2-7-12(17)11-10-14(15(22)20-16(18)19)21-9-6-4-3-5-8-13(11)21/h2-3,5,7,10H,1,4,6,8-9H2,(H4,18,19,20,22)/b5-3?,12-7+. The Labute approximate surface area is 134 Å². The molecular formula is C16H19ClN4O. The summed E-state index contributed by atoms with van der Waals surface area (Å²) in [5, 5.41) is 0.538. The number of carbonyl (C=O) groups excluding carboxylic acids is 1. The first-order valence-electron chi connectivity index (χ1n) is 7.04. The fourth-order valence-corrected chi connectivity index (χ4v) is 2.75. The number of rotatable bonds is 3. The van der Waals surface area contributed by atoms with Crippen molar-refractivity contribution in [1.29, 1.82) is 0 Å². The number of hydrogen-bond acceptors (Lipinski definition) is 1. The maximum atomic E-state index is 12.2. The summed E-state index contributed by atoms with van der Waals surface area (Å²) in [6, 6.07) is 1.74. The van der Waals surface area contributed by atoms with Gasteiger partial charge in [0.15, 0.2) is 5.96 Å². The Balaban J connectivity index is 2.59. The molecule has 2 rings (SSSR count). The zero-order valence-corrected chi connectivity index (χ0v) is 13.0. The van der Waals surface area contributed by atoms with E-state index in [4.69, 9.17) is 23.1 Å². The van der Waals surface area contributed by atoms with E-state index in [9.17, 15) is 4.79 Å². The first-order valence-corrected chi connectivity index (χ1v) is 7.42. The van der Waals surface area contributed by atoms with Crippen molar-refractivity contribution < 1.29 is 4.79 Å². The summed E-state index contributed by atoms with van der Waals surface area (Å²) in [5.74, 6) is -0.708. The molecule has 4 N–H and O–H groups in total. The molecule has 5 nitrogen and oxygen atoms in total. The van der Waals surface area contributed by atoms with Gasteiger partial charge in [0.05, 0.1) is 0 Å². The van der Waals surface area contributed by atoms with E-state index < -0.39 is 5.91 Å². The van der Waals surface area contributed by atoms with Crippen LogP contribution >= 0.6 is 11.6 Å². The molecule has 0 aromatic carbocycles. The lowest BCUT2D eigenvalue weighted by Gasteiger charge is -2.13. The van der Waals surface area contributed by atoms with E-state index in [2.05, 4.69) is 23.7 Å². The first kappa shape index (κ1) is 16.1. The molecule has 0 saturated carbocycles. The predicted molar refractivity (Wildman–Crippen MR) is 90.7 cm³/mol. The number of aromatic nitrogens is 1. The Morgan fingerprint density at radius 3 is 2.86 bits per heavy atom. The second-order valence-corrected chi connectivity index (χ2v) is 5.36. The van der Waals surface area contributed by atoms with Crippen molar-refractivity contribution in [2.75, 3.05) is 0 Å². The quantitative estimate of drug-likeness (QED) is 0.388. The molecular weight excluding hydrogens is 300 g/mol. The van der Waals surface area contributed by atoms with Crippen LogP contribution in [0.15, 0.2) is 41.9 Å². The lowest BCUT2D eigenvalue weighted by atomic mass is 10.1. The number of guanidine groups is 1. The minimum Gasteiger partial charge on any atom is -0.370 e. The van der Waals surface area contributed by atoms with E-state index in [0.717, 1.165) is 30.6 Å². The van der Waals surface area contributed by atoms with Gasteiger partial charge in [-0.05, 0) is 25.0 Å². The van der Waals surface area contributed by atoms with Gasteiger partial charge in [-0.15, -0.1) is 0 Å². The van der Waals surface area contributed by atoms with Crippen LogP contribution in [0.4, 0.5) is 0 Å². The molecule has 1 aliphatic heterocycles. The highest BCUT2D eigenvalue weighted by molar-refractivity contribution is 6.49. The second kappa shape index (κ2) is 7.13. The molecule has 0 aliphatic carbocycles. The molecule has 1 aromatic rings. The maximum Gasteiger partial charge on any atom is 0.296 e. The molecule has 0 unspecified atom stereocenters. The fourth-order valence-electron chi connectivity index (χ4n) is 2.50. The third-order valence-electron chi connectivity index (χ3n) is 3.41. The summed E-state index contributed by atoms with van der Waals surface area (Å²) in [4.78, 5) is 15.9. The smallest absolute Gasteiger partial charge is 0.296 e. The molecule has 1 amide bonds. The Hall–Kier alpha value is -2.27. The average molecular weight is 319 g/mol. The molecule has 0 radical (unpaired) electrons. The molecule has 0 spiro atoms. The van der Waals surface area contributed by atoms with Crippen LogP contribution in [-0.4, -0.2) is 16.4 Å². The Morgan fingerprint density at radius 2 is 2.18 bits per heavy atom. The number of nitrogens with zero attached hydrogens (tertiary/aromatic N) is 2. The van der Waals surface area contributed by atoms with Gasteiger partial charge in [0.25, 0.3) is 5.91 Å². The van der Waals surface area contributed by atoms with E-state index in [1.165, 1.54) is 0 Å². The van der Waals surface area contributed by atoms with Crippen LogP contribution in [0, 0.1) is 0 Å². The number of amides is 1. The van der Waals surface area contributed by atoms with Crippen LogP contribution in [0.5, 0.6) is 0 Å². The van der Waals surface area contributed by atoms with Gasteiger partial charge in [-0.25, -0.2) is 0 Å². The average Bonchev–Trinajstić information content (AvgIpc) is 2.76. The van der Waals surface area contributed by atoms with Crippen molar-refractivity contribution >= 4 is 28.5 Å². The number of nitrogens with two attached hydrogens (primary N) is 2. The van der Waals surface area contributed by atoms with Gasteiger partial charge in [-0.3, -0.25) is 4.79 Å². The van der Waals surface area contributed by atoms with Gasteiger partial charge in [0.2, 0.25) is 0 Å². The normalized spacial score (nSPS) is 14.7. The summed E-state index contributed by atoms with van der Waals surface area (Å²) in [6.45, 7) is 4.37. The fraction of sp³-hybridized carbons (Fsp3) is 0.250. The van der Waals surface area contributed by atoms with Gasteiger partial charge in [0, 0.05) is 29.3 Å². The van der Waals surface area contributed by atoms with Crippen LogP contribution in [-0.2, 0) is 13.0 Å². The third kappa shape index (κ3) is 3.49. The van der Waals surface area contributed by atoms with Crippen molar-refractivity contribution in [1.82, 2.24) is 4.57 Å². The molecule has 0 saturated heterocycles. The number of allylic oxidation sites excluding steroid dienone is 4. The van der Waals surface area contributed by atoms with E-state index in [0.29, 0.717) is 17.1 Å². The van der Waals surface area contributed by atoms with E-state index in [1.807, 2.05) is 4.57 Å². The summed E-state index contributed by atoms with van der Waals surface area (Å²) >= 11 is 6.32.